The lowest BCUT2D eigenvalue weighted by molar-refractivity contribution is -0.147. The summed E-state index contributed by atoms with van der Waals surface area (Å²) < 4.78 is 5.21. The maximum Gasteiger partial charge on any atom is 0.308 e. The van der Waals surface area contributed by atoms with Crippen molar-refractivity contribution in [2.24, 2.45) is 5.92 Å². The molecule has 0 fully saturated rings. The molecule has 0 heterocycles. The Bertz CT molecular complexity index is 201. The van der Waals surface area contributed by atoms with E-state index in [2.05, 4.69) is 27.7 Å². The molecule has 0 aromatic carbocycles. The molecule has 90 valence electrons. The summed E-state index contributed by atoms with van der Waals surface area (Å²) >= 11 is 0. The zero-order valence-electron chi connectivity index (χ0n) is 10.5. The van der Waals surface area contributed by atoms with Crippen molar-refractivity contribution < 1.29 is 9.53 Å². The van der Waals surface area contributed by atoms with Crippen LogP contribution in [0, 0.1) is 5.92 Å². The third kappa shape index (κ3) is 8.03. The van der Waals surface area contributed by atoms with Gasteiger partial charge in [-0.2, -0.15) is 0 Å². The van der Waals surface area contributed by atoms with Crippen LogP contribution in [0.2, 0.25) is 0 Å². The van der Waals surface area contributed by atoms with Crippen molar-refractivity contribution in [3.63, 3.8) is 0 Å². The van der Waals surface area contributed by atoms with Crippen LogP contribution in [-0.4, -0.2) is 22.6 Å². The molecule has 15 heavy (non-hydrogen) atoms. The Labute approximate surface area is 101 Å². The molecule has 0 aliphatic rings. The number of esters is 1. The molecule has 0 amide bonds. The number of ether oxygens (including phenoxy) is 1. The molecular weight excluding hydrogens is 228 g/mol. The van der Waals surface area contributed by atoms with Crippen molar-refractivity contribution in [3.05, 3.63) is 0 Å². The van der Waals surface area contributed by atoms with Crippen LogP contribution < -0.4 is 0 Å². The minimum atomic E-state index is -0.113. The molecule has 0 aromatic heterocycles. The Morgan fingerprint density at radius 2 is 1.80 bits per heavy atom. The van der Waals surface area contributed by atoms with Crippen LogP contribution in [0.3, 0.4) is 0 Å². The van der Waals surface area contributed by atoms with Gasteiger partial charge >= 0.3 is 5.97 Å². The van der Waals surface area contributed by atoms with Gasteiger partial charge in [0, 0.05) is 5.25 Å². The zero-order chi connectivity index (χ0) is 12.1. The number of hydrogen-bond acceptors (Lipinski definition) is 4. The normalized spacial score (nSPS) is 12.3. The highest BCUT2D eigenvalue weighted by Gasteiger charge is 2.22. The van der Waals surface area contributed by atoms with Crippen LogP contribution in [-0.2, 0) is 9.53 Å². The van der Waals surface area contributed by atoms with Gasteiger partial charge in [-0.05, 0) is 13.8 Å². The van der Waals surface area contributed by atoms with Gasteiger partial charge in [0.1, 0.15) is 6.61 Å². The van der Waals surface area contributed by atoms with Gasteiger partial charge in [0.25, 0.3) is 0 Å². The largest absolute Gasteiger partial charge is 0.464 e. The van der Waals surface area contributed by atoms with Gasteiger partial charge in [-0.25, -0.2) is 0 Å². The van der Waals surface area contributed by atoms with E-state index in [-0.39, 0.29) is 16.6 Å². The molecular formula is C11H22O2S2. The van der Waals surface area contributed by atoms with E-state index in [4.69, 9.17) is 4.74 Å². The van der Waals surface area contributed by atoms with Crippen LogP contribution in [0.25, 0.3) is 0 Å². The molecule has 0 aromatic rings. The fraction of sp³-hybridized carbons (Fsp3) is 0.909. The summed E-state index contributed by atoms with van der Waals surface area (Å²) in [6.45, 7) is 12.7. The topological polar surface area (TPSA) is 26.3 Å². The highest BCUT2D eigenvalue weighted by molar-refractivity contribution is 8.77. The summed E-state index contributed by atoms with van der Waals surface area (Å²) in [5.41, 5.74) is 0. The van der Waals surface area contributed by atoms with Crippen LogP contribution in [0.4, 0.5) is 0 Å². The molecule has 0 unspecified atom stereocenters. The van der Waals surface area contributed by atoms with Crippen molar-refractivity contribution >= 4 is 27.6 Å². The van der Waals surface area contributed by atoms with Crippen molar-refractivity contribution in [1.29, 1.82) is 0 Å². The first-order chi connectivity index (χ1) is 6.74. The Hall–Kier alpha value is 0.170. The summed E-state index contributed by atoms with van der Waals surface area (Å²) in [7, 11) is 3.60. The summed E-state index contributed by atoms with van der Waals surface area (Å²) in [5, 5.41) is 0.593. The first kappa shape index (κ1) is 15.2. The van der Waals surface area contributed by atoms with E-state index in [0.717, 1.165) is 0 Å². The summed E-state index contributed by atoms with van der Waals surface area (Å²) in [5.74, 6) is -0.151. The highest BCUT2D eigenvalue weighted by atomic mass is 33.1. The van der Waals surface area contributed by atoms with Gasteiger partial charge in [-0.15, -0.1) is 0 Å². The maximum absolute atomic E-state index is 11.3. The van der Waals surface area contributed by atoms with E-state index < -0.39 is 0 Å². The lowest BCUT2D eigenvalue weighted by Crippen LogP contribution is -2.26. The molecule has 0 atom stereocenters. The number of rotatable bonds is 6. The van der Waals surface area contributed by atoms with E-state index >= 15 is 0 Å². The molecule has 0 rings (SSSR count). The van der Waals surface area contributed by atoms with E-state index in [9.17, 15) is 4.79 Å². The SMILES string of the molecule is CC(C)SSC(C)(C)COC(=O)C(C)C. The van der Waals surface area contributed by atoms with Gasteiger partial charge in [0.2, 0.25) is 0 Å². The second-order valence-corrected chi connectivity index (χ2v) is 8.23. The second kappa shape index (κ2) is 6.69. The average molecular weight is 250 g/mol. The smallest absolute Gasteiger partial charge is 0.308 e. The molecule has 4 heteroatoms. The number of carbonyl (C=O) groups excluding carboxylic acids is 1. The van der Waals surface area contributed by atoms with Crippen molar-refractivity contribution in [2.75, 3.05) is 6.61 Å². The minimum Gasteiger partial charge on any atom is -0.464 e. The van der Waals surface area contributed by atoms with E-state index in [1.54, 1.807) is 10.8 Å². The van der Waals surface area contributed by atoms with Gasteiger partial charge in [0.05, 0.1) is 10.7 Å². The van der Waals surface area contributed by atoms with Gasteiger partial charge < -0.3 is 4.74 Å². The molecule has 0 saturated carbocycles. The lowest BCUT2D eigenvalue weighted by Gasteiger charge is -2.24. The predicted octanol–water partition coefficient (Wildman–Crippen LogP) is 3.75. The fourth-order valence-corrected chi connectivity index (χ4v) is 2.73. The Morgan fingerprint density at radius 1 is 1.27 bits per heavy atom. The third-order valence-electron chi connectivity index (χ3n) is 1.50. The summed E-state index contributed by atoms with van der Waals surface area (Å²) in [6, 6.07) is 0. The zero-order valence-corrected chi connectivity index (χ0v) is 12.1. The van der Waals surface area contributed by atoms with Crippen LogP contribution >= 0.6 is 21.6 Å². The second-order valence-electron chi connectivity index (χ2n) is 4.75. The van der Waals surface area contributed by atoms with Gasteiger partial charge in [-0.3, -0.25) is 4.79 Å². The Balaban J connectivity index is 3.88. The lowest BCUT2D eigenvalue weighted by atomic mass is 10.2. The minimum absolute atomic E-state index is 0.0144. The standard InChI is InChI=1S/C11H22O2S2/c1-8(2)10(12)13-7-11(5,6)15-14-9(3)4/h8-9H,7H2,1-6H3. The molecule has 0 aliphatic carbocycles. The summed E-state index contributed by atoms with van der Waals surface area (Å²) in [4.78, 5) is 11.3. The van der Waals surface area contributed by atoms with Crippen LogP contribution in [0.15, 0.2) is 0 Å². The molecule has 0 radical (unpaired) electrons. The molecule has 2 nitrogen and oxygen atoms in total. The molecule has 0 saturated heterocycles. The number of hydrogen-bond donors (Lipinski definition) is 0. The molecule has 0 spiro atoms. The van der Waals surface area contributed by atoms with Crippen molar-refractivity contribution in [2.45, 2.75) is 51.5 Å². The maximum atomic E-state index is 11.3. The molecule has 0 aliphatic heterocycles. The van der Waals surface area contributed by atoms with Crippen LogP contribution in [0.5, 0.6) is 0 Å². The van der Waals surface area contributed by atoms with E-state index in [1.165, 1.54) is 0 Å². The average Bonchev–Trinajstić information content (AvgIpc) is 2.11. The predicted molar refractivity (Wildman–Crippen MR) is 70.2 cm³/mol. The monoisotopic (exact) mass is 250 g/mol. The Kier molecular flexibility index (Phi) is 6.76. The molecule has 0 bridgehead atoms. The first-order valence-corrected chi connectivity index (χ1v) is 7.47. The van der Waals surface area contributed by atoms with Crippen LogP contribution in [0.1, 0.15) is 41.5 Å². The molecule has 0 N–H and O–H groups in total. The van der Waals surface area contributed by atoms with E-state index in [0.29, 0.717) is 11.9 Å². The third-order valence-corrected chi connectivity index (χ3v) is 5.35. The van der Waals surface area contributed by atoms with E-state index in [1.807, 2.05) is 24.6 Å². The van der Waals surface area contributed by atoms with Crippen molar-refractivity contribution in [1.82, 2.24) is 0 Å². The Morgan fingerprint density at radius 3 is 2.20 bits per heavy atom. The summed E-state index contributed by atoms with van der Waals surface area (Å²) in [6.07, 6.45) is 0. The highest BCUT2D eigenvalue weighted by Crippen LogP contribution is 2.38. The quantitative estimate of drug-likeness (QED) is 0.530. The fourth-order valence-electron chi connectivity index (χ4n) is 0.662. The number of carbonyl (C=O) groups is 1. The first-order valence-electron chi connectivity index (χ1n) is 5.26. The van der Waals surface area contributed by atoms with Crippen molar-refractivity contribution in [3.8, 4) is 0 Å². The van der Waals surface area contributed by atoms with Gasteiger partial charge in [-0.1, -0.05) is 49.3 Å². The van der Waals surface area contributed by atoms with Gasteiger partial charge in [0.15, 0.2) is 0 Å².